The number of likely N-dealkylation sites (tertiary alicyclic amines) is 1. The number of nitrogens with one attached hydrogen (secondary N) is 1. The standard InChI is InChI=1S/C31H40N10/c1-4-24-18-33-41(21-24)31(13-14-32)22-39(23-31)28-6-5-15-40-29(28)35-30(36-40)34-27-9-7-25(8-10-27)19-38(3)20-26-11-16-37(2)17-12-26/h5-10,15,18,21,26H,4,11-13,16-17,19-20,22-23H2,1-3H3,(H,34,36). The quantitative estimate of drug-likeness (QED) is 0.314. The average Bonchev–Trinajstić information content (AvgIpc) is 3.60. The Labute approximate surface area is 242 Å². The summed E-state index contributed by atoms with van der Waals surface area (Å²) in [6.45, 7) is 8.05. The zero-order chi connectivity index (χ0) is 28.4. The van der Waals surface area contributed by atoms with Gasteiger partial charge in [0.25, 0.3) is 0 Å². The molecule has 10 nitrogen and oxygen atoms in total. The molecule has 0 bridgehead atoms. The number of hydrogen-bond donors (Lipinski definition) is 1. The number of hydrogen-bond acceptors (Lipinski definition) is 8. The van der Waals surface area contributed by atoms with Crippen molar-refractivity contribution in [2.24, 2.45) is 5.92 Å². The van der Waals surface area contributed by atoms with E-state index in [0.717, 1.165) is 42.5 Å². The number of piperidine rings is 1. The highest BCUT2D eigenvalue weighted by Crippen LogP contribution is 2.37. The minimum absolute atomic E-state index is 0.320. The normalized spacial score (nSPS) is 17.6. The van der Waals surface area contributed by atoms with Gasteiger partial charge in [0.1, 0.15) is 5.54 Å². The summed E-state index contributed by atoms with van der Waals surface area (Å²) in [5, 5.41) is 22.2. The van der Waals surface area contributed by atoms with Gasteiger partial charge in [-0.25, -0.2) is 4.52 Å². The van der Waals surface area contributed by atoms with Crippen LogP contribution in [0.25, 0.3) is 5.65 Å². The third-order valence-corrected chi connectivity index (χ3v) is 8.66. The summed E-state index contributed by atoms with van der Waals surface area (Å²) in [4.78, 5) is 12.0. The number of pyridine rings is 1. The molecule has 3 aromatic heterocycles. The van der Waals surface area contributed by atoms with Gasteiger partial charge in [-0.15, -0.1) is 5.10 Å². The summed E-state index contributed by atoms with van der Waals surface area (Å²) in [5.74, 6) is 1.36. The van der Waals surface area contributed by atoms with Gasteiger partial charge < -0.3 is 20.0 Å². The molecule has 2 fully saturated rings. The SMILES string of the molecule is CCc1cnn(C2(CC#N)CN(c3cccn4nc(Nc5ccc(CN(C)CC6CCN(C)CC6)cc5)nc34)C2)c1. The topological polar surface area (TPSA) is 93.5 Å². The lowest BCUT2D eigenvalue weighted by atomic mass is 9.86. The summed E-state index contributed by atoms with van der Waals surface area (Å²) in [7, 11) is 4.44. The first kappa shape index (κ1) is 27.2. The molecule has 5 heterocycles. The molecular weight excluding hydrogens is 512 g/mol. The summed E-state index contributed by atoms with van der Waals surface area (Å²) in [5.41, 5.74) is 4.93. The van der Waals surface area contributed by atoms with Crippen molar-refractivity contribution in [1.82, 2.24) is 34.2 Å². The Morgan fingerprint density at radius 3 is 2.61 bits per heavy atom. The first-order chi connectivity index (χ1) is 19.9. The van der Waals surface area contributed by atoms with Crippen molar-refractivity contribution in [2.45, 2.75) is 44.7 Å². The molecule has 0 aliphatic carbocycles. The Morgan fingerprint density at radius 2 is 1.90 bits per heavy atom. The van der Waals surface area contributed by atoms with Crippen LogP contribution in [0.3, 0.4) is 0 Å². The number of aromatic nitrogens is 5. The molecule has 41 heavy (non-hydrogen) atoms. The molecule has 0 unspecified atom stereocenters. The highest BCUT2D eigenvalue weighted by Gasteiger charge is 2.46. The van der Waals surface area contributed by atoms with E-state index in [2.05, 4.69) is 93.8 Å². The molecule has 0 amide bonds. The second-order valence-electron chi connectivity index (χ2n) is 11.9. The zero-order valence-electron chi connectivity index (χ0n) is 24.4. The van der Waals surface area contributed by atoms with Crippen LogP contribution < -0.4 is 10.2 Å². The predicted octanol–water partition coefficient (Wildman–Crippen LogP) is 4.13. The fourth-order valence-corrected chi connectivity index (χ4v) is 6.20. The number of nitriles is 1. The molecule has 4 aromatic rings. The van der Waals surface area contributed by atoms with E-state index < -0.39 is 0 Å². The van der Waals surface area contributed by atoms with E-state index in [0.29, 0.717) is 25.5 Å². The lowest BCUT2D eigenvalue weighted by Gasteiger charge is -2.50. The third-order valence-electron chi connectivity index (χ3n) is 8.66. The fourth-order valence-electron chi connectivity index (χ4n) is 6.20. The van der Waals surface area contributed by atoms with Gasteiger partial charge in [0.15, 0.2) is 5.65 Å². The van der Waals surface area contributed by atoms with Crippen LogP contribution in [-0.2, 0) is 18.5 Å². The van der Waals surface area contributed by atoms with Crippen LogP contribution in [0.15, 0.2) is 55.0 Å². The highest BCUT2D eigenvalue weighted by atomic mass is 15.4. The molecule has 2 saturated heterocycles. The Balaban J connectivity index is 1.10. The van der Waals surface area contributed by atoms with Crippen LogP contribution in [-0.4, -0.2) is 81.0 Å². The smallest absolute Gasteiger partial charge is 0.247 e. The predicted molar refractivity (Wildman–Crippen MR) is 161 cm³/mol. The Bertz CT molecular complexity index is 1500. The number of nitrogens with zero attached hydrogens (tertiary/aromatic N) is 9. The summed E-state index contributed by atoms with van der Waals surface area (Å²) < 4.78 is 3.80. The van der Waals surface area contributed by atoms with Crippen LogP contribution in [0.4, 0.5) is 17.3 Å². The highest BCUT2D eigenvalue weighted by molar-refractivity contribution is 5.72. The maximum Gasteiger partial charge on any atom is 0.247 e. The molecule has 1 aromatic carbocycles. The molecule has 0 atom stereocenters. The van der Waals surface area contributed by atoms with Crippen molar-refractivity contribution in [2.75, 3.05) is 57.0 Å². The second-order valence-corrected chi connectivity index (χ2v) is 11.9. The molecule has 10 heteroatoms. The molecule has 6 rings (SSSR count). The van der Waals surface area contributed by atoms with Crippen molar-refractivity contribution >= 4 is 23.0 Å². The Morgan fingerprint density at radius 1 is 1.12 bits per heavy atom. The summed E-state index contributed by atoms with van der Waals surface area (Å²) in [6.07, 6.45) is 9.83. The van der Waals surface area contributed by atoms with Gasteiger partial charge in [0.2, 0.25) is 5.95 Å². The number of anilines is 3. The van der Waals surface area contributed by atoms with Gasteiger partial charge in [0, 0.05) is 44.3 Å². The average molecular weight is 553 g/mol. The molecule has 0 radical (unpaired) electrons. The number of rotatable bonds is 10. The molecular formula is C31H40N10. The molecule has 0 spiro atoms. The largest absolute Gasteiger partial charge is 0.363 e. The zero-order valence-corrected chi connectivity index (χ0v) is 24.4. The lowest BCUT2D eigenvalue weighted by molar-refractivity contribution is 0.173. The maximum absolute atomic E-state index is 9.55. The van der Waals surface area contributed by atoms with E-state index in [4.69, 9.17) is 4.98 Å². The van der Waals surface area contributed by atoms with Gasteiger partial charge in [-0.2, -0.15) is 15.3 Å². The second kappa shape index (κ2) is 11.5. The van der Waals surface area contributed by atoms with E-state index in [1.807, 2.05) is 27.7 Å². The lowest BCUT2D eigenvalue weighted by Crippen LogP contribution is -2.63. The van der Waals surface area contributed by atoms with Gasteiger partial charge in [-0.3, -0.25) is 4.68 Å². The van der Waals surface area contributed by atoms with E-state index in [9.17, 15) is 5.26 Å². The van der Waals surface area contributed by atoms with E-state index in [1.54, 1.807) is 0 Å². The van der Waals surface area contributed by atoms with Gasteiger partial charge in [0.05, 0.1) is 24.4 Å². The van der Waals surface area contributed by atoms with Crippen molar-refractivity contribution in [3.8, 4) is 6.07 Å². The van der Waals surface area contributed by atoms with E-state index in [-0.39, 0.29) is 5.54 Å². The van der Waals surface area contributed by atoms with Gasteiger partial charge in [-0.05, 0) is 87.8 Å². The van der Waals surface area contributed by atoms with Crippen molar-refractivity contribution in [3.63, 3.8) is 0 Å². The minimum Gasteiger partial charge on any atom is -0.363 e. The fraction of sp³-hybridized carbons (Fsp3) is 0.484. The van der Waals surface area contributed by atoms with Crippen molar-refractivity contribution in [1.29, 1.82) is 5.26 Å². The minimum atomic E-state index is -0.320. The van der Waals surface area contributed by atoms with E-state index >= 15 is 0 Å². The maximum atomic E-state index is 9.55. The van der Waals surface area contributed by atoms with Crippen LogP contribution in [0.1, 0.15) is 37.3 Å². The Kier molecular flexibility index (Phi) is 7.65. The van der Waals surface area contributed by atoms with Gasteiger partial charge >= 0.3 is 0 Å². The van der Waals surface area contributed by atoms with E-state index in [1.165, 1.54) is 37.1 Å². The Hall–Kier alpha value is -3.94. The molecule has 2 aliphatic rings. The number of benzene rings is 1. The number of aryl methyl sites for hydroxylation is 1. The molecule has 2 aliphatic heterocycles. The van der Waals surface area contributed by atoms with Crippen molar-refractivity contribution < 1.29 is 0 Å². The van der Waals surface area contributed by atoms with Gasteiger partial charge in [-0.1, -0.05) is 19.1 Å². The van der Waals surface area contributed by atoms with Crippen molar-refractivity contribution in [3.05, 3.63) is 66.1 Å². The molecule has 214 valence electrons. The van der Waals surface area contributed by atoms with Crippen LogP contribution in [0.5, 0.6) is 0 Å². The third kappa shape index (κ3) is 5.78. The monoisotopic (exact) mass is 552 g/mol. The first-order valence-corrected chi connectivity index (χ1v) is 14.7. The van der Waals surface area contributed by atoms with Crippen LogP contribution in [0, 0.1) is 17.2 Å². The molecule has 1 N–H and O–H groups in total. The van der Waals surface area contributed by atoms with Crippen LogP contribution >= 0.6 is 0 Å². The number of fused-ring (bicyclic) bond motifs is 1. The summed E-state index contributed by atoms with van der Waals surface area (Å²) in [6, 6.07) is 15.0. The van der Waals surface area contributed by atoms with Crippen LogP contribution in [0.2, 0.25) is 0 Å². The molecule has 0 saturated carbocycles. The first-order valence-electron chi connectivity index (χ1n) is 14.7. The summed E-state index contributed by atoms with van der Waals surface area (Å²) >= 11 is 0.